The van der Waals surface area contributed by atoms with Gasteiger partial charge in [0.25, 0.3) is 0 Å². The molecule has 1 aromatic carbocycles. The van der Waals surface area contributed by atoms with Gasteiger partial charge in [-0.2, -0.15) is 0 Å². The molecular formula is C28H35NO3. The van der Waals surface area contributed by atoms with Crippen molar-refractivity contribution in [1.82, 2.24) is 0 Å². The van der Waals surface area contributed by atoms with Crippen molar-refractivity contribution in [3.05, 3.63) is 52.6 Å². The average Bonchev–Trinajstić information content (AvgIpc) is 3.13. The van der Waals surface area contributed by atoms with E-state index in [1.165, 1.54) is 22.4 Å². The zero-order valence-electron chi connectivity index (χ0n) is 19.2. The number of anilines is 1. The van der Waals surface area contributed by atoms with Gasteiger partial charge in [-0.15, -0.1) is 0 Å². The second-order valence-corrected chi connectivity index (χ2v) is 10.9. The zero-order chi connectivity index (χ0) is 21.9. The van der Waals surface area contributed by atoms with E-state index in [4.69, 9.17) is 4.74 Å². The molecule has 3 fully saturated rings. The number of rotatable bonds is 2. The Bertz CT molecular complexity index is 971. The molecule has 2 saturated carbocycles. The molecule has 0 spiro atoms. The number of hydrogen-bond acceptors (Lipinski definition) is 4. The number of aliphatic hydroxyl groups is 1. The molecule has 1 aliphatic heterocycles. The van der Waals surface area contributed by atoms with E-state index in [0.29, 0.717) is 30.0 Å². The van der Waals surface area contributed by atoms with Crippen molar-refractivity contribution in [3.8, 4) is 0 Å². The summed E-state index contributed by atoms with van der Waals surface area (Å²) in [6.45, 7) is 5.85. The van der Waals surface area contributed by atoms with Gasteiger partial charge >= 0.3 is 0 Å². The lowest BCUT2D eigenvalue weighted by molar-refractivity contribution is -0.114. The Morgan fingerprint density at radius 2 is 1.81 bits per heavy atom. The van der Waals surface area contributed by atoms with E-state index in [-0.39, 0.29) is 11.5 Å². The lowest BCUT2D eigenvalue weighted by atomic mass is 9.53. The summed E-state index contributed by atoms with van der Waals surface area (Å²) in [4.78, 5) is 14.6. The van der Waals surface area contributed by atoms with Crippen molar-refractivity contribution >= 4 is 11.5 Å². The van der Waals surface area contributed by atoms with E-state index < -0.39 is 0 Å². The van der Waals surface area contributed by atoms with E-state index in [2.05, 4.69) is 36.1 Å². The molecule has 0 amide bonds. The van der Waals surface area contributed by atoms with Crippen molar-refractivity contribution in [1.29, 1.82) is 0 Å². The Morgan fingerprint density at radius 1 is 1.03 bits per heavy atom. The Balaban J connectivity index is 1.41. The predicted molar refractivity (Wildman–Crippen MR) is 126 cm³/mol. The molecule has 4 nitrogen and oxygen atoms in total. The van der Waals surface area contributed by atoms with E-state index in [1.807, 2.05) is 6.08 Å². The first kappa shape index (κ1) is 20.7. The summed E-state index contributed by atoms with van der Waals surface area (Å²) in [5, 5.41) is 11.0. The van der Waals surface area contributed by atoms with Gasteiger partial charge in [0.05, 0.1) is 19.3 Å². The molecule has 1 N–H and O–H groups in total. The quantitative estimate of drug-likeness (QED) is 0.729. The normalized spacial score (nSPS) is 37.0. The number of allylic oxidation sites excluding steroid dienone is 4. The maximum atomic E-state index is 12.1. The van der Waals surface area contributed by atoms with Gasteiger partial charge in [-0.1, -0.05) is 24.6 Å². The highest BCUT2D eigenvalue weighted by Crippen LogP contribution is 2.63. The molecule has 1 heterocycles. The van der Waals surface area contributed by atoms with Crippen LogP contribution in [0.5, 0.6) is 0 Å². The van der Waals surface area contributed by atoms with Crippen LogP contribution in [-0.2, 0) is 9.53 Å². The molecule has 0 bridgehead atoms. The lowest BCUT2D eigenvalue weighted by Gasteiger charge is -2.52. The maximum absolute atomic E-state index is 12.1. The topological polar surface area (TPSA) is 49.8 Å². The van der Waals surface area contributed by atoms with Crippen LogP contribution < -0.4 is 4.90 Å². The predicted octanol–water partition coefficient (Wildman–Crippen LogP) is 4.78. The summed E-state index contributed by atoms with van der Waals surface area (Å²) in [5.74, 6) is 1.77. The van der Waals surface area contributed by atoms with E-state index in [1.54, 1.807) is 5.57 Å². The number of morpholine rings is 1. The average molecular weight is 434 g/mol. The third kappa shape index (κ3) is 3.21. The van der Waals surface area contributed by atoms with Gasteiger partial charge in [0.1, 0.15) is 0 Å². The molecule has 170 valence electrons. The molecule has 4 unspecified atom stereocenters. The van der Waals surface area contributed by atoms with Crippen LogP contribution in [0.25, 0.3) is 0 Å². The summed E-state index contributed by atoms with van der Waals surface area (Å²) in [7, 11) is 0. The van der Waals surface area contributed by atoms with Crippen molar-refractivity contribution < 1.29 is 14.6 Å². The van der Waals surface area contributed by atoms with Crippen LogP contribution in [0, 0.1) is 17.3 Å². The van der Waals surface area contributed by atoms with Gasteiger partial charge in [0, 0.05) is 31.1 Å². The zero-order valence-corrected chi connectivity index (χ0v) is 19.2. The molecule has 1 aromatic rings. The number of hydrogen-bond donors (Lipinski definition) is 1. The largest absolute Gasteiger partial charge is 0.393 e. The second-order valence-electron chi connectivity index (χ2n) is 10.9. The van der Waals surface area contributed by atoms with Crippen LogP contribution in [0.2, 0.25) is 0 Å². The Kier molecular flexibility index (Phi) is 5.07. The standard InChI is InChI=1S/C28H35NO3/c1-28-17-24(18-2-5-20(6-3-18)29-12-14-32-15-13-29)27-22-9-7-21(30)16-19(22)4-8-23(27)25(28)10-11-26(28)31/h2-3,5-6,16,23-26,31H,4,7-15,17H2,1H3/t23?,24-,25?,26?,28?/m1/s1. The highest BCUT2D eigenvalue weighted by atomic mass is 16.5. The third-order valence-corrected chi connectivity index (χ3v) is 9.35. The summed E-state index contributed by atoms with van der Waals surface area (Å²) >= 11 is 0. The van der Waals surface area contributed by atoms with E-state index in [9.17, 15) is 9.90 Å². The van der Waals surface area contributed by atoms with Gasteiger partial charge in [-0.25, -0.2) is 0 Å². The fraction of sp³-hybridized carbons (Fsp3) is 0.607. The number of ketones is 1. The van der Waals surface area contributed by atoms with Crippen LogP contribution in [-0.4, -0.2) is 43.3 Å². The summed E-state index contributed by atoms with van der Waals surface area (Å²) in [6, 6.07) is 9.23. The number of carbonyl (C=O) groups is 1. The summed E-state index contributed by atoms with van der Waals surface area (Å²) in [6.07, 6.45) is 8.56. The molecule has 5 atom stereocenters. The lowest BCUT2D eigenvalue weighted by Crippen LogP contribution is -2.45. The minimum Gasteiger partial charge on any atom is -0.393 e. The second kappa shape index (κ2) is 7.85. The van der Waals surface area contributed by atoms with Crippen LogP contribution in [0.15, 0.2) is 47.1 Å². The smallest absolute Gasteiger partial charge is 0.156 e. The Labute approximate surface area is 191 Å². The van der Waals surface area contributed by atoms with Gasteiger partial charge < -0.3 is 14.7 Å². The van der Waals surface area contributed by atoms with Crippen molar-refractivity contribution in [2.45, 2.75) is 63.9 Å². The number of aliphatic hydroxyl groups excluding tert-OH is 1. The van der Waals surface area contributed by atoms with Crippen LogP contribution in [0.1, 0.15) is 63.4 Å². The fourth-order valence-electron chi connectivity index (χ4n) is 7.67. The Morgan fingerprint density at radius 3 is 2.59 bits per heavy atom. The fourth-order valence-corrected chi connectivity index (χ4v) is 7.67. The number of fused-ring (bicyclic) bond motifs is 4. The van der Waals surface area contributed by atoms with Gasteiger partial charge in [-0.05, 0) is 90.7 Å². The SMILES string of the molecule is CC12C[C@H](c3ccc(N4CCOCC4)cc3)C3=C4CCC(=O)C=C4CCC3C1CCC2O. The molecule has 1 saturated heterocycles. The van der Waals surface area contributed by atoms with Crippen molar-refractivity contribution in [2.75, 3.05) is 31.2 Å². The molecule has 32 heavy (non-hydrogen) atoms. The number of nitrogens with zero attached hydrogens (tertiary/aromatic N) is 1. The maximum Gasteiger partial charge on any atom is 0.156 e. The first-order chi connectivity index (χ1) is 15.5. The highest BCUT2D eigenvalue weighted by molar-refractivity contribution is 5.93. The number of benzene rings is 1. The minimum absolute atomic E-state index is 0.00597. The van der Waals surface area contributed by atoms with Crippen molar-refractivity contribution in [2.24, 2.45) is 17.3 Å². The highest BCUT2D eigenvalue weighted by Gasteiger charge is 2.56. The van der Waals surface area contributed by atoms with Crippen molar-refractivity contribution in [3.63, 3.8) is 0 Å². The van der Waals surface area contributed by atoms with Gasteiger partial charge in [-0.3, -0.25) is 4.79 Å². The molecule has 4 heteroatoms. The molecule has 6 rings (SSSR count). The number of carbonyl (C=O) groups excluding carboxylic acids is 1. The van der Waals surface area contributed by atoms with Gasteiger partial charge in [0.2, 0.25) is 0 Å². The van der Waals surface area contributed by atoms with Gasteiger partial charge in [0.15, 0.2) is 5.78 Å². The minimum atomic E-state index is -0.195. The van der Waals surface area contributed by atoms with Crippen LogP contribution in [0.3, 0.4) is 0 Å². The first-order valence-electron chi connectivity index (χ1n) is 12.6. The monoisotopic (exact) mass is 433 g/mol. The molecular weight excluding hydrogens is 398 g/mol. The summed E-state index contributed by atoms with van der Waals surface area (Å²) in [5.41, 5.74) is 7.07. The molecule has 5 aliphatic rings. The molecule has 4 aliphatic carbocycles. The summed E-state index contributed by atoms with van der Waals surface area (Å²) < 4.78 is 5.52. The van der Waals surface area contributed by atoms with Crippen LogP contribution >= 0.6 is 0 Å². The van der Waals surface area contributed by atoms with E-state index >= 15 is 0 Å². The van der Waals surface area contributed by atoms with Crippen LogP contribution in [0.4, 0.5) is 5.69 Å². The molecule has 0 radical (unpaired) electrons. The Hall–Kier alpha value is -1.91. The molecule has 0 aromatic heterocycles. The first-order valence-corrected chi connectivity index (χ1v) is 12.6. The number of ether oxygens (including phenoxy) is 1. The van der Waals surface area contributed by atoms with E-state index in [0.717, 1.165) is 64.8 Å². The third-order valence-electron chi connectivity index (χ3n) is 9.35.